The zero-order chi connectivity index (χ0) is 15.6. The highest BCUT2D eigenvalue weighted by Gasteiger charge is 2.21. The van der Waals surface area contributed by atoms with Crippen LogP contribution in [0.5, 0.6) is 0 Å². The molecule has 4 heteroatoms. The lowest BCUT2D eigenvalue weighted by molar-refractivity contribution is 0.972. The summed E-state index contributed by atoms with van der Waals surface area (Å²) in [6.45, 7) is 6.63. The first kappa shape index (κ1) is 17.5. The van der Waals surface area contributed by atoms with Gasteiger partial charge >= 0.3 is 0 Å². The van der Waals surface area contributed by atoms with E-state index >= 15 is 0 Å². The van der Waals surface area contributed by atoms with Crippen LogP contribution in [0.25, 0.3) is 0 Å². The molecule has 2 rings (SSSR count). The van der Waals surface area contributed by atoms with Crippen molar-refractivity contribution >= 4 is 54.8 Å². The predicted octanol–water partition coefficient (Wildman–Crippen LogP) is 7.29. The van der Waals surface area contributed by atoms with Gasteiger partial charge in [0.2, 0.25) is 0 Å². The molecule has 0 saturated carbocycles. The molecule has 0 fully saturated rings. The fourth-order valence-electron chi connectivity index (χ4n) is 2.60. The largest absolute Gasteiger partial charge is 0.130 e. The van der Waals surface area contributed by atoms with E-state index in [2.05, 4.69) is 70.8 Å². The van der Waals surface area contributed by atoms with Gasteiger partial charge in [0.1, 0.15) is 0 Å². The van der Waals surface area contributed by atoms with Crippen LogP contribution in [0.3, 0.4) is 0 Å². The summed E-state index contributed by atoms with van der Waals surface area (Å²) < 4.78 is 2.18. The topological polar surface area (TPSA) is 0 Å². The summed E-state index contributed by atoms with van der Waals surface area (Å²) in [6.07, 6.45) is 3.11. The van der Waals surface area contributed by atoms with Crippen LogP contribution in [0.2, 0.25) is 0 Å². The summed E-state index contributed by atoms with van der Waals surface area (Å²) in [5.74, 6) is 0. The number of hydrogen-bond donors (Lipinski definition) is 0. The van der Waals surface area contributed by atoms with Gasteiger partial charge in [0.15, 0.2) is 0 Å². The molecule has 0 saturated heterocycles. The van der Waals surface area contributed by atoms with Crippen molar-refractivity contribution in [3.8, 4) is 0 Å². The lowest BCUT2D eigenvalue weighted by atomic mass is 9.91. The van der Waals surface area contributed by atoms with Crippen molar-refractivity contribution in [2.45, 2.75) is 45.4 Å². The summed E-state index contributed by atoms with van der Waals surface area (Å²) in [7, 11) is 0. The van der Waals surface area contributed by atoms with Crippen molar-refractivity contribution in [3.63, 3.8) is 0 Å². The molecule has 0 bridgehead atoms. The van der Waals surface area contributed by atoms with Crippen LogP contribution in [-0.4, -0.2) is 0 Å². The number of alkyl halides is 1. The molecule has 1 heterocycles. The van der Waals surface area contributed by atoms with E-state index in [1.54, 1.807) is 11.3 Å². The fraction of sp³-hybridized carbons (Fsp3) is 0.412. The molecule has 0 spiro atoms. The summed E-state index contributed by atoms with van der Waals surface area (Å²) >= 11 is 15.7. The van der Waals surface area contributed by atoms with Crippen LogP contribution < -0.4 is 0 Å². The van der Waals surface area contributed by atoms with E-state index in [9.17, 15) is 0 Å². The maximum atomic E-state index is 6.85. The van der Waals surface area contributed by atoms with Crippen molar-refractivity contribution in [3.05, 3.63) is 53.6 Å². The van der Waals surface area contributed by atoms with Gasteiger partial charge in [-0.2, -0.15) is 0 Å². The maximum Gasteiger partial charge on any atom is 0.0933 e. The lowest BCUT2D eigenvalue weighted by Crippen LogP contribution is -2.04. The van der Waals surface area contributed by atoms with E-state index in [0.29, 0.717) is 0 Å². The van der Waals surface area contributed by atoms with E-state index in [1.165, 1.54) is 27.1 Å². The summed E-state index contributed by atoms with van der Waals surface area (Å²) in [4.78, 5) is 1.18. The van der Waals surface area contributed by atoms with Crippen molar-refractivity contribution in [1.82, 2.24) is 0 Å². The molecule has 1 unspecified atom stereocenters. The molecule has 0 N–H and O–H groups in total. The standard InChI is InChI=1S/C17H19Br2ClS/c1-4-10-7-11(5-2)15(12(6-3)8-10)16(20)14-9-13(18)17(19)21-14/h7-9,16H,4-6H2,1-3H3. The van der Waals surface area contributed by atoms with Gasteiger partial charge in [0.05, 0.1) is 9.16 Å². The third kappa shape index (κ3) is 3.74. The van der Waals surface area contributed by atoms with E-state index in [4.69, 9.17) is 11.6 Å². The molecule has 0 amide bonds. The second-order valence-corrected chi connectivity index (χ2v) is 8.71. The maximum absolute atomic E-state index is 6.85. The summed E-state index contributed by atoms with van der Waals surface area (Å²) in [5, 5.41) is -0.0755. The first-order valence-electron chi connectivity index (χ1n) is 7.25. The highest BCUT2D eigenvalue weighted by Crippen LogP contribution is 2.42. The lowest BCUT2D eigenvalue weighted by Gasteiger charge is -2.19. The zero-order valence-corrected chi connectivity index (χ0v) is 17.2. The zero-order valence-electron chi connectivity index (χ0n) is 12.5. The van der Waals surface area contributed by atoms with Gasteiger partial charge in [0.25, 0.3) is 0 Å². The van der Waals surface area contributed by atoms with Crippen LogP contribution >= 0.6 is 54.8 Å². The number of thiophene rings is 1. The van der Waals surface area contributed by atoms with Crippen LogP contribution in [0.1, 0.15) is 53.3 Å². The molecule has 0 radical (unpaired) electrons. The van der Waals surface area contributed by atoms with Gasteiger partial charge in [-0.15, -0.1) is 22.9 Å². The number of rotatable bonds is 5. The predicted molar refractivity (Wildman–Crippen MR) is 102 cm³/mol. The monoisotopic (exact) mass is 448 g/mol. The Kier molecular flexibility index (Phi) is 6.37. The second kappa shape index (κ2) is 7.63. The molecule has 114 valence electrons. The second-order valence-electron chi connectivity index (χ2n) is 5.02. The Balaban J connectivity index is 2.55. The summed E-state index contributed by atoms with van der Waals surface area (Å²) in [5.41, 5.74) is 5.48. The Bertz CT molecular complexity index is 589. The highest BCUT2D eigenvalue weighted by molar-refractivity contribution is 9.13. The van der Waals surface area contributed by atoms with Crippen LogP contribution in [0.4, 0.5) is 0 Å². The fourth-order valence-corrected chi connectivity index (χ4v) is 5.15. The molecule has 1 atom stereocenters. The Morgan fingerprint density at radius 2 is 1.57 bits per heavy atom. The molecule has 1 aromatic heterocycles. The SMILES string of the molecule is CCc1cc(CC)c(C(Cl)c2cc(Br)c(Br)s2)c(CC)c1. The van der Waals surface area contributed by atoms with Crippen molar-refractivity contribution < 1.29 is 0 Å². The Morgan fingerprint density at radius 3 is 1.95 bits per heavy atom. The number of hydrogen-bond acceptors (Lipinski definition) is 1. The molecule has 0 aliphatic rings. The van der Waals surface area contributed by atoms with Crippen molar-refractivity contribution in [2.24, 2.45) is 0 Å². The average Bonchev–Trinajstić information content (AvgIpc) is 2.84. The van der Waals surface area contributed by atoms with E-state index in [-0.39, 0.29) is 5.38 Å². The molecular formula is C17H19Br2ClS. The van der Waals surface area contributed by atoms with Crippen LogP contribution in [0.15, 0.2) is 26.5 Å². The average molecular weight is 451 g/mol. The number of aryl methyl sites for hydroxylation is 3. The minimum atomic E-state index is -0.0755. The molecule has 1 aromatic carbocycles. The third-order valence-electron chi connectivity index (χ3n) is 3.75. The van der Waals surface area contributed by atoms with Gasteiger partial charge in [0, 0.05) is 9.35 Å². The Morgan fingerprint density at radius 1 is 1.00 bits per heavy atom. The first-order chi connectivity index (χ1) is 10.0. The van der Waals surface area contributed by atoms with Gasteiger partial charge in [-0.25, -0.2) is 0 Å². The van der Waals surface area contributed by atoms with E-state index in [1.807, 2.05) is 0 Å². The van der Waals surface area contributed by atoms with Gasteiger partial charge < -0.3 is 0 Å². The minimum Gasteiger partial charge on any atom is -0.130 e. The molecule has 0 nitrogen and oxygen atoms in total. The van der Waals surface area contributed by atoms with Crippen LogP contribution in [0, 0.1) is 0 Å². The van der Waals surface area contributed by atoms with Gasteiger partial charge in [-0.1, -0.05) is 32.9 Å². The first-order valence-corrected chi connectivity index (χ1v) is 10.1. The molecule has 0 aliphatic carbocycles. The van der Waals surface area contributed by atoms with E-state index < -0.39 is 0 Å². The quantitative estimate of drug-likeness (QED) is 0.420. The highest BCUT2D eigenvalue weighted by atomic mass is 79.9. The normalized spacial score (nSPS) is 12.7. The van der Waals surface area contributed by atoms with Crippen LogP contribution in [-0.2, 0) is 19.3 Å². The Labute approximate surface area is 153 Å². The van der Waals surface area contributed by atoms with Crippen molar-refractivity contribution in [2.75, 3.05) is 0 Å². The van der Waals surface area contributed by atoms with Gasteiger partial charge in [-0.05, 0) is 79.4 Å². The number of halogens is 3. The summed E-state index contributed by atoms with van der Waals surface area (Å²) in [6, 6.07) is 6.77. The Hall–Kier alpha value is 0.170. The molecular weight excluding hydrogens is 432 g/mol. The smallest absolute Gasteiger partial charge is 0.0933 e. The number of benzene rings is 1. The minimum absolute atomic E-state index is 0.0755. The third-order valence-corrected chi connectivity index (χ3v) is 7.65. The molecule has 21 heavy (non-hydrogen) atoms. The molecule has 2 aromatic rings. The van der Waals surface area contributed by atoms with Gasteiger partial charge in [-0.3, -0.25) is 0 Å². The molecule has 0 aliphatic heterocycles. The van der Waals surface area contributed by atoms with E-state index in [0.717, 1.165) is 27.5 Å². The van der Waals surface area contributed by atoms with Crippen molar-refractivity contribution in [1.29, 1.82) is 0 Å².